The Hall–Kier alpha value is -3.26. The Kier molecular flexibility index (Phi) is 7.36. The second-order valence-electron chi connectivity index (χ2n) is 7.33. The number of urea groups is 1. The molecule has 0 spiro atoms. The number of hydrogen-bond acceptors (Lipinski definition) is 4. The van der Waals surface area contributed by atoms with E-state index in [2.05, 4.69) is 10.6 Å². The molecule has 0 bridgehead atoms. The van der Waals surface area contributed by atoms with Crippen LogP contribution in [0.4, 0.5) is 9.18 Å². The van der Waals surface area contributed by atoms with Gasteiger partial charge in [0.1, 0.15) is 17.9 Å². The third kappa shape index (κ3) is 5.27. The highest BCUT2D eigenvalue weighted by Crippen LogP contribution is 2.32. The van der Waals surface area contributed by atoms with Gasteiger partial charge in [-0.15, -0.1) is 0 Å². The van der Waals surface area contributed by atoms with E-state index in [0.717, 1.165) is 10.5 Å². The molecule has 8 heteroatoms. The SMILES string of the molecule is CCC1(c2ccc(F)cc2)NC(=O)N(CC(=O)NCCCOCc2ccccc2)C1=O. The molecule has 1 fully saturated rings. The largest absolute Gasteiger partial charge is 0.377 e. The minimum atomic E-state index is -1.30. The molecule has 4 amide bonds. The van der Waals surface area contributed by atoms with E-state index in [4.69, 9.17) is 4.74 Å². The number of amides is 4. The fourth-order valence-electron chi connectivity index (χ4n) is 3.51. The molecule has 1 aliphatic rings. The van der Waals surface area contributed by atoms with Crippen LogP contribution < -0.4 is 10.6 Å². The van der Waals surface area contributed by atoms with Crippen LogP contribution in [0.3, 0.4) is 0 Å². The third-order valence-electron chi connectivity index (χ3n) is 5.24. The molecule has 31 heavy (non-hydrogen) atoms. The second kappa shape index (κ2) is 10.2. The average molecular weight is 427 g/mol. The number of imide groups is 1. The van der Waals surface area contributed by atoms with Crippen molar-refractivity contribution < 1.29 is 23.5 Å². The lowest BCUT2D eigenvalue weighted by molar-refractivity contribution is -0.135. The molecular formula is C23H26FN3O4. The number of nitrogens with zero attached hydrogens (tertiary/aromatic N) is 1. The number of carbonyl (C=O) groups excluding carboxylic acids is 3. The van der Waals surface area contributed by atoms with Crippen LogP contribution in [-0.2, 0) is 26.5 Å². The summed E-state index contributed by atoms with van der Waals surface area (Å²) in [5.74, 6) is -1.39. The number of rotatable bonds is 10. The van der Waals surface area contributed by atoms with Gasteiger partial charge in [0.05, 0.1) is 6.61 Å². The molecule has 2 aromatic carbocycles. The zero-order valence-electron chi connectivity index (χ0n) is 17.4. The van der Waals surface area contributed by atoms with Crippen molar-refractivity contribution in [2.24, 2.45) is 0 Å². The summed E-state index contributed by atoms with van der Waals surface area (Å²) >= 11 is 0. The van der Waals surface area contributed by atoms with Gasteiger partial charge in [-0.3, -0.25) is 14.5 Å². The van der Waals surface area contributed by atoms with Crippen LogP contribution >= 0.6 is 0 Å². The van der Waals surface area contributed by atoms with Crippen molar-refractivity contribution in [1.29, 1.82) is 0 Å². The third-order valence-corrected chi connectivity index (χ3v) is 5.24. The predicted octanol–water partition coefficient (Wildman–Crippen LogP) is 2.71. The number of carbonyl (C=O) groups is 3. The quantitative estimate of drug-likeness (QED) is 0.451. The van der Waals surface area contributed by atoms with Crippen molar-refractivity contribution in [3.8, 4) is 0 Å². The van der Waals surface area contributed by atoms with Crippen LogP contribution in [0, 0.1) is 5.82 Å². The minimum absolute atomic E-state index is 0.278. The Balaban J connectivity index is 1.46. The van der Waals surface area contributed by atoms with Crippen molar-refractivity contribution in [3.05, 3.63) is 71.5 Å². The van der Waals surface area contributed by atoms with Crippen molar-refractivity contribution in [2.75, 3.05) is 19.7 Å². The maximum absolute atomic E-state index is 13.3. The molecule has 0 radical (unpaired) electrons. The highest BCUT2D eigenvalue weighted by atomic mass is 19.1. The summed E-state index contributed by atoms with van der Waals surface area (Å²) < 4.78 is 18.8. The molecule has 1 unspecified atom stereocenters. The topological polar surface area (TPSA) is 87.7 Å². The highest BCUT2D eigenvalue weighted by Gasteiger charge is 2.51. The minimum Gasteiger partial charge on any atom is -0.377 e. The lowest BCUT2D eigenvalue weighted by Crippen LogP contribution is -2.45. The number of benzene rings is 2. The summed E-state index contributed by atoms with van der Waals surface area (Å²) in [7, 11) is 0. The molecule has 0 aliphatic carbocycles. The molecule has 0 saturated carbocycles. The van der Waals surface area contributed by atoms with Gasteiger partial charge in [-0.2, -0.15) is 0 Å². The molecule has 2 N–H and O–H groups in total. The summed E-state index contributed by atoms with van der Waals surface area (Å²) in [6, 6.07) is 14.5. The molecule has 7 nitrogen and oxygen atoms in total. The Morgan fingerprint density at radius 2 is 1.84 bits per heavy atom. The number of nitrogens with one attached hydrogen (secondary N) is 2. The molecule has 1 heterocycles. The maximum Gasteiger partial charge on any atom is 0.325 e. The first-order chi connectivity index (χ1) is 15.0. The zero-order chi connectivity index (χ0) is 22.3. The first-order valence-corrected chi connectivity index (χ1v) is 10.2. The summed E-state index contributed by atoms with van der Waals surface area (Å²) in [5, 5.41) is 5.37. The van der Waals surface area contributed by atoms with Crippen LogP contribution in [0.2, 0.25) is 0 Å². The van der Waals surface area contributed by atoms with Crippen molar-refractivity contribution in [2.45, 2.75) is 31.9 Å². The smallest absolute Gasteiger partial charge is 0.325 e. The molecule has 1 aliphatic heterocycles. The average Bonchev–Trinajstić information content (AvgIpc) is 3.02. The zero-order valence-corrected chi connectivity index (χ0v) is 17.4. The van der Waals surface area contributed by atoms with Crippen LogP contribution in [0.1, 0.15) is 30.9 Å². The van der Waals surface area contributed by atoms with Gasteiger partial charge in [0.2, 0.25) is 5.91 Å². The van der Waals surface area contributed by atoms with E-state index < -0.39 is 29.2 Å². The normalized spacial score (nSPS) is 18.2. The van der Waals surface area contributed by atoms with Gasteiger partial charge in [0, 0.05) is 13.2 Å². The second-order valence-corrected chi connectivity index (χ2v) is 7.33. The molecular weight excluding hydrogens is 401 g/mol. The summed E-state index contributed by atoms with van der Waals surface area (Å²) in [4.78, 5) is 38.5. The van der Waals surface area contributed by atoms with Crippen LogP contribution in [0.5, 0.6) is 0 Å². The molecule has 3 rings (SSSR count). The lowest BCUT2D eigenvalue weighted by atomic mass is 9.87. The highest BCUT2D eigenvalue weighted by molar-refractivity contribution is 6.09. The van der Waals surface area contributed by atoms with E-state index in [0.29, 0.717) is 31.7 Å². The number of ether oxygens (including phenoxy) is 1. The van der Waals surface area contributed by atoms with Crippen LogP contribution in [0.25, 0.3) is 0 Å². The van der Waals surface area contributed by atoms with Crippen molar-refractivity contribution in [3.63, 3.8) is 0 Å². The van der Waals surface area contributed by atoms with E-state index >= 15 is 0 Å². The van der Waals surface area contributed by atoms with Crippen LogP contribution in [0.15, 0.2) is 54.6 Å². The first-order valence-electron chi connectivity index (χ1n) is 10.2. The predicted molar refractivity (Wildman–Crippen MR) is 112 cm³/mol. The Bertz CT molecular complexity index is 920. The summed E-state index contributed by atoms with van der Waals surface area (Å²) in [6.07, 6.45) is 0.882. The monoisotopic (exact) mass is 427 g/mol. The van der Waals surface area contributed by atoms with E-state index in [1.54, 1.807) is 6.92 Å². The Morgan fingerprint density at radius 3 is 2.52 bits per heavy atom. The van der Waals surface area contributed by atoms with Gasteiger partial charge in [-0.05, 0) is 36.1 Å². The van der Waals surface area contributed by atoms with Crippen LogP contribution in [-0.4, -0.2) is 42.4 Å². The summed E-state index contributed by atoms with van der Waals surface area (Å²) in [5.41, 5.74) is 0.259. The molecule has 2 aromatic rings. The van der Waals surface area contributed by atoms with Crippen molar-refractivity contribution >= 4 is 17.8 Å². The first kappa shape index (κ1) is 22.4. The molecule has 1 saturated heterocycles. The van der Waals surface area contributed by atoms with Gasteiger partial charge in [0.25, 0.3) is 5.91 Å². The Labute approximate surface area is 180 Å². The molecule has 1 atom stereocenters. The van der Waals surface area contributed by atoms with Gasteiger partial charge >= 0.3 is 6.03 Å². The fourth-order valence-corrected chi connectivity index (χ4v) is 3.51. The summed E-state index contributed by atoms with van der Waals surface area (Å²) in [6.45, 7) is 2.72. The van der Waals surface area contributed by atoms with Gasteiger partial charge in [-0.25, -0.2) is 9.18 Å². The molecule has 0 aromatic heterocycles. The maximum atomic E-state index is 13.3. The number of halogens is 1. The fraction of sp³-hybridized carbons (Fsp3) is 0.348. The van der Waals surface area contributed by atoms with Gasteiger partial charge in [0.15, 0.2) is 0 Å². The lowest BCUT2D eigenvalue weighted by Gasteiger charge is -2.25. The van der Waals surface area contributed by atoms with Crippen molar-refractivity contribution in [1.82, 2.24) is 15.5 Å². The van der Waals surface area contributed by atoms with E-state index in [1.807, 2.05) is 30.3 Å². The number of hydrogen-bond donors (Lipinski definition) is 2. The standard InChI is InChI=1S/C23H26FN3O4/c1-2-23(18-9-11-19(24)12-10-18)21(29)27(22(30)26-23)15-20(28)25-13-6-14-31-16-17-7-4-3-5-8-17/h3-5,7-12H,2,6,13-16H2,1H3,(H,25,28)(H,26,30). The Morgan fingerprint density at radius 1 is 1.13 bits per heavy atom. The van der Waals surface area contributed by atoms with Gasteiger partial charge < -0.3 is 15.4 Å². The molecule has 164 valence electrons. The van der Waals surface area contributed by atoms with E-state index in [-0.39, 0.29) is 13.0 Å². The van der Waals surface area contributed by atoms with E-state index in [9.17, 15) is 18.8 Å². The van der Waals surface area contributed by atoms with E-state index in [1.165, 1.54) is 24.3 Å². The van der Waals surface area contributed by atoms with Gasteiger partial charge in [-0.1, -0.05) is 49.4 Å².